The number of aliphatic carboxylic acids is 1. The predicted molar refractivity (Wildman–Crippen MR) is 71.7 cm³/mol. The van der Waals surface area contributed by atoms with E-state index in [9.17, 15) is 18.0 Å². The summed E-state index contributed by atoms with van der Waals surface area (Å²) in [7, 11) is -3.26. The molecule has 0 radical (unpaired) electrons. The van der Waals surface area contributed by atoms with Gasteiger partial charge >= 0.3 is 12.0 Å². The number of urea groups is 1. The molecule has 0 saturated carbocycles. The maximum absolute atomic E-state index is 11.6. The van der Waals surface area contributed by atoms with E-state index in [0.717, 1.165) is 6.26 Å². The van der Waals surface area contributed by atoms with Gasteiger partial charge in [0.2, 0.25) is 0 Å². The Hall–Kier alpha value is -1.31. The first-order chi connectivity index (χ1) is 8.53. The van der Waals surface area contributed by atoms with Crippen molar-refractivity contribution in [2.24, 2.45) is 5.92 Å². The van der Waals surface area contributed by atoms with Crippen molar-refractivity contribution in [3.05, 3.63) is 0 Å². The zero-order valence-electron chi connectivity index (χ0n) is 11.6. The van der Waals surface area contributed by atoms with Crippen LogP contribution in [0.15, 0.2) is 0 Å². The van der Waals surface area contributed by atoms with Crippen molar-refractivity contribution in [2.45, 2.75) is 39.3 Å². The second-order valence-electron chi connectivity index (χ2n) is 4.96. The van der Waals surface area contributed by atoms with Gasteiger partial charge in [-0.3, -0.25) is 0 Å². The minimum atomic E-state index is -3.26. The molecule has 0 aromatic heterocycles. The highest BCUT2D eigenvalue weighted by Crippen LogP contribution is 2.01. The third kappa shape index (κ3) is 8.41. The highest BCUT2D eigenvalue weighted by atomic mass is 32.2. The van der Waals surface area contributed by atoms with Gasteiger partial charge in [0, 0.05) is 12.3 Å². The molecule has 0 aromatic rings. The Kier molecular flexibility index (Phi) is 6.82. The van der Waals surface area contributed by atoms with Gasteiger partial charge in [-0.25, -0.2) is 18.0 Å². The SMILES string of the molecule is CC(C)C(C)NC(=O)NC(CCS(C)(=O)=O)C(=O)O. The van der Waals surface area contributed by atoms with Crippen LogP contribution in [0.3, 0.4) is 0 Å². The summed E-state index contributed by atoms with van der Waals surface area (Å²) in [5.74, 6) is -1.33. The van der Waals surface area contributed by atoms with Gasteiger partial charge in [-0.1, -0.05) is 13.8 Å². The van der Waals surface area contributed by atoms with Crippen LogP contribution in [0.2, 0.25) is 0 Å². The lowest BCUT2D eigenvalue weighted by atomic mass is 10.1. The fourth-order valence-electron chi connectivity index (χ4n) is 1.16. The molecule has 0 aromatic carbocycles. The molecule has 0 aliphatic carbocycles. The highest BCUT2D eigenvalue weighted by molar-refractivity contribution is 7.90. The summed E-state index contributed by atoms with van der Waals surface area (Å²) in [6, 6.07) is -1.93. The van der Waals surface area contributed by atoms with E-state index in [1.165, 1.54) is 0 Å². The van der Waals surface area contributed by atoms with Crippen molar-refractivity contribution in [2.75, 3.05) is 12.0 Å². The van der Waals surface area contributed by atoms with Gasteiger partial charge in [0.1, 0.15) is 15.9 Å². The number of carboxylic acids is 1. The molecule has 2 amide bonds. The minimum absolute atomic E-state index is 0.107. The Morgan fingerprint density at radius 2 is 1.68 bits per heavy atom. The topological polar surface area (TPSA) is 113 Å². The highest BCUT2D eigenvalue weighted by Gasteiger charge is 2.22. The fourth-order valence-corrected chi connectivity index (χ4v) is 1.83. The van der Waals surface area contributed by atoms with E-state index in [-0.39, 0.29) is 24.1 Å². The van der Waals surface area contributed by atoms with Crippen LogP contribution >= 0.6 is 0 Å². The first kappa shape index (κ1) is 17.7. The average molecular weight is 294 g/mol. The maximum atomic E-state index is 11.6. The van der Waals surface area contributed by atoms with Crippen molar-refractivity contribution in [3.63, 3.8) is 0 Å². The van der Waals surface area contributed by atoms with Gasteiger partial charge in [0.05, 0.1) is 5.75 Å². The Morgan fingerprint density at radius 1 is 1.16 bits per heavy atom. The van der Waals surface area contributed by atoms with Crippen LogP contribution in [0.1, 0.15) is 27.2 Å². The summed E-state index contributed by atoms with van der Waals surface area (Å²) in [6.45, 7) is 5.64. The lowest BCUT2D eigenvalue weighted by Gasteiger charge is -2.20. The smallest absolute Gasteiger partial charge is 0.326 e. The number of carboxylic acid groups (broad SMARTS) is 1. The molecule has 2 unspecified atom stereocenters. The van der Waals surface area contributed by atoms with Gasteiger partial charge in [-0.15, -0.1) is 0 Å². The molecule has 0 aliphatic heterocycles. The van der Waals surface area contributed by atoms with Crippen molar-refractivity contribution in [1.29, 1.82) is 0 Å². The van der Waals surface area contributed by atoms with Crippen LogP contribution in [-0.2, 0) is 14.6 Å². The molecule has 112 valence electrons. The minimum Gasteiger partial charge on any atom is -0.480 e. The molecule has 0 spiro atoms. The second-order valence-corrected chi connectivity index (χ2v) is 7.22. The van der Waals surface area contributed by atoms with Crippen molar-refractivity contribution >= 4 is 21.8 Å². The molecule has 2 atom stereocenters. The van der Waals surface area contributed by atoms with Gasteiger partial charge in [-0.05, 0) is 19.3 Å². The van der Waals surface area contributed by atoms with Crippen molar-refractivity contribution < 1.29 is 23.1 Å². The lowest BCUT2D eigenvalue weighted by Crippen LogP contribution is -2.49. The molecule has 7 nitrogen and oxygen atoms in total. The van der Waals surface area contributed by atoms with E-state index in [2.05, 4.69) is 10.6 Å². The molecular formula is C11H22N2O5S. The summed E-state index contributed by atoms with van der Waals surface area (Å²) in [4.78, 5) is 22.5. The number of sulfone groups is 1. The van der Waals surface area contributed by atoms with Crippen LogP contribution < -0.4 is 10.6 Å². The monoisotopic (exact) mass is 294 g/mol. The van der Waals surface area contributed by atoms with Crippen LogP contribution in [0, 0.1) is 5.92 Å². The van der Waals surface area contributed by atoms with E-state index in [0.29, 0.717) is 0 Å². The molecule has 0 heterocycles. The van der Waals surface area contributed by atoms with Crippen molar-refractivity contribution in [3.8, 4) is 0 Å². The average Bonchev–Trinajstić information content (AvgIpc) is 2.22. The summed E-state index contributed by atoms with van der Waals surface area (Å²) in [6.07, 6.45) is 0.866. The summed E-state index contributed by atoms with van der Waals surface area (Å²) in [5.41, 5.74) is 0. The van der Waals surface area contributed by atoms with Gasteiger partial charge in [-0.2, -0.15) is 0 Å². The first-order valence-corrected chi connectivity index (χ1v) is 8.06. The molecule has 0 fully saturated rings. The zero-order chi connectivity index (χ0) is 15.2. The zero-order valence-corrected chi connectivity index (χ0v) is 12.5. The summed E-state index contributed by atoms with van der Waals surface area (Å²) >= 11 is 0. The van der Waals surface area contributed by atoms with E-state index in [4.69, 9.17) is 5.11 Å². The number of rotatable bonds is 7. The molecule has 0 aliphatic rings. The Bertz CT molecular complexity index is 419. The van der Waals surface area contributed by atoms with Crippen molar-refractivity contribution in [1.82, 2.24) is 10.6 Å². The number of hydrogen-bond donors (Lipinski definition) is 3. The van der Waals surface area contributed by atoms with Crippen LogP contribution in [0.25, 0.3) is 0 Å². The summed E-state index contributed by atoms with van der Waals surface area (Å²) < 4.78 is 22.0. The Balaban J connectivity index is 4.43. The summed E-state index contributed by atoms with van der Waals surface area (Å²) in [5, 5.41) is 13.8. The second kappa shape index (κ2) is 7.32. The number of amides is 2. The van der Waals surface area contributed by atoms with E-state index < -0.39 is 27.9 Å². The molecule has 19 heavy (non-hydrogen) atoms. The molecule has 0 saturated heterocycles. The third-order valence-corrected chi connectivity index (χ3v) is 3.72. The Labute approximate surface area is 113 Å². The third-order valence-electron chi connectivity index (χ3n) is 2.74. The molecule has 8 heteroatoms. The predicted octanol–water partition coefficient (Wildman–Crippen LogP) is 0.218. The van der Waals surface area contributed by atoms with Crippen LogP contribution in [0.4, 0.5) is 4.79 Å². The van der Waals surface area contributed by atoms with E-state index >= 15 is 0 Å². The van der Waals surface area contributed by atoms with Crippen LogP contribution in [0.5, 0.6) is 0 Å². The standard InChI is InChI=1S/C11H22N2O5S/c1-7(2)8(3)12-11(16)13-9(10(14)15)5-6-19(4,17)18/h7-9H,5-6H2,1-4H3,(H,14,15)(H2,12,13,16). The van der Waals surface area contributed by atoms with E-state index in [1.54, 1.807) is 6.92 Å². The lowest BCUT2D eigenvalue weighted by molar-refractivity contribution is -0.139. The van der Waals surface area contributed by atoms with Gasteiger partial charge in [0.25, 0.3) is 0 Å². The normalized spacial score (nSPS) is 14.8. The quantitative estimate of drug-likeness (QED) is 0.621. The first-order valence-electron chi connectivity index (χ1n) is 6.00. The van der Waals surface area contributed by atoms with Crippen LogP contribution in [-0.4, -0.2) is 49.6 Å². The largest absolute Gasteiger partial charge is 0.480 e. The molecular weight excluding hydrogens is 272 g/mol. The molecule has 0 rings (SSSR count). The number of carbonyl (C=O) groups is 2. The number of carbonyl (C=O) groups excluding carboxylic acids is 1. The molecule has 3 N–H and O–H groups in total. The maximum Gasteiger partial charge on any atom is 0.326 e. The fraction of sp³-hybridized carbons (Fsp3) is 0.818. The van der Waals surface area contributed by atoms with E-state index in [1.807, 2.05) is 13.8 Å². The van der Waals surface area contributed by atoms with Gasteiger partial charge < -0.3 is 15.7 Å². The number of hydrogen-bond acceptors (Lipinski definition) is 4. The van der Waals surface area contributed by atoms with Gasteiger partial charge in [0.15, 0.2) is 0 Å². The number of nitrogens with one attached hydrogen (secondary N) is 2. The Morgan fingerprint density at radius 3 is 2.05 bits per heavy atom. The molecule has 0 bridgehead atoms.